The van der Waals surface area contributed by atoms with Gasteiger partial charge < -0.3 is 27.2 Å². The lowest BCUT2D eigenvalue weighted by molar-refractivity contribution is -0.141. The van der Waals surface area contributed by atoms with Crippen LogP contribution in [0, 0.1) is 0 Å². The number of halogens is 2. The molecule has 10 heteroatoms. The van der Waals surface area contributed by atoms with Crippen LogP contribution in [0.15, 0.2) is 86.7 Å². The van der Waals surface area contributed by atoms with Gasteiger partial charge in [-0.15, -0.1) is 0 Å². The molecule has 0 aliphatic carbocycles. The number of primary amides is 1. The largest absolute Gasteiger partial charge is 0.508 e. The van der Waals surface area contributed by atoms with Gasteiger partial charge in [0.2, 0.25) is 11.8 Å². The predicted molar refractivity (Wildman–Crippen MR) is 152 cm³/mol. The number of hydrogen-bond donors (Lipinski definition) is 4. The van der Waals surface area contributed by atoms with E-state index < -0.39 is 17.9 Å². The summed E-state index contributed by atoms with van der Waals surface area (Å²) >= 11 is 6.89. The van der Waals surface area contributed by atoms with Gasteiger partial charge in [-0.25, -0.2) is 0 Å². The summed E-state index contributed by atoms with van der Waals surface area (Å²) in [7, 11) is 0. The second kappa shape index (κ2) is 13.3. The third-order valence-electron chi connectivity index (χ3n) is 5.90. The van der Waals surface area contributed by atoms with Crippen molar-refractivity contribution in [3.63, 3.8) is 0 Å². The number of nitrogens with two attached hydrogens (primary N) is 3. The molecule has 194 valence electrons. The first-order valence-corrected chi connectivity index (χ1v) is 13.2. The van der Waals surface area contributed by atoms with Gasteiger partial charge in [-0.2, -0.15) is 0 Å². The molecule has 0 saturated carbocycles. The molecule has 0 aliphatic heterocycles. The summed E-state index contributed by atoms with van der Waals surface area (Å²) in [5.74, 6) is -1.72. The van der Waals surface area contributed by atoms with E-state index in [1.807, 2.05) is 48.5 Å². The molecule has 0 heterocycles. The topological polar surface area (TPSA) is 148 Å². The lowest BCUT2D eigenvalue weighted by atomic mass is 9.89. The standard InChI is InChI=1S/C27H29Br2N5O3/c28-20-11-7-17(8-12-20)24(18-9-13-21(29)14-10-18)26(37)34(16-19-4-1-2-6-23(19)35)22(25(30)36)5-3-15-33-27(31)32/h1-2,4,6-14,22,24,35H,3,5,15-16H2,(H2,30,36)(H4,31,32,33)/t22-/m1/s1. The lowest BCUT2D eigenvalue weighted by Gasteiger charge is -2.33. The molecule has 8 nitrogen and oxygen atoms in total. The van der Waals surface area contributed by atoms with E-state index in [1.165, 1.54) is 11.0 Å². The van der Waals surface area contributed by atoms with Crippen LogP contribution < -0.4 is 17.2 Å². The zero-order valence-electron chi connectivity index (χ0n) is 20.1. The van der Waals surface area contributed by atoms with E-state index in [9.17, 15) is 14.7 Å². The molecule has 3 rings (SSSR count). The fourth-order valence-corrected chi connectivity index (χ4v) is 4.60. The Kier molecular flexibility index (Phi) is 10.1. The molecule has 0 fully saturated rings. The van der Waals surface area contributed by atoms with Gasteiger partial charge in [0.15, 0.2) is 5.96 Å². The van der Waals surface area contributed by atoms with Crippen LogP contribution in [0.1, 0.15) is 35.4 Å². The molecule has 7 N–H and O–H groups in total. The van der Waals surface area contributed by atoms with Crippen molar-refractivity contribution in [3.05, 3.63) is 98.4 Å². The number of carbonyl (C=O) groups is 2. The van der Waals surface area contributed by atoms with Crippen LogP contribution in [0.3, 0.4) is 0 Å². The third-order valence-corrected chi connectivity index (χ3v) is 6.96. The SMILES string of the molecule is NC(=O)[C@@H](CCCN=C(N)N)N(Cc1ccccc1O)C(=O)C(c1ccc(Br)cc1)c1ccc(Br)cc1. The summed E-state index contributed by atoms with van der Waals surface area (Å²) in [5.41, 5.74) is 18.7. The Morgan fingerprint density at radius 2 is 1.41 bits per heavy atom. The molecule has 3 aromatic carbocycles. The van der Waals surface area contributed by atoms with Crippen LogP contribution in [0.25, 0.3) is 0 Å². The van der Waals surface area contributed by atoms with Crippen molar-refractivity contribution in [3.8, 4) is 5.75 Å². The summed E-state index contributed by atoms with van der Waals surface area (Å²) in [4.78, 5) is 32.5. The summed E-state index contributed by atoms with van der Waals surface area (Å²) in [6.07, 6.45) is 0.677. The summed E-state index contributed by atoms with van der Waals surface area (Å²) in [6.45, 7) is 0.276. The quantitative estimate of drug-likeness (QED) is 0.144. The molecule has 0 saturated heterocycles. The Morgan fingerprint density at radius 1 is 0.865 bits per heavy atom. The van der Waals surface area contributed by atoms with Crippen molar-refractivity contribution < 1.29 is 14.7 Å². The fraction of sp³-hybridized carbons (Fsp3) is 0.222. The van der Waals surface area contributed by atoms with Crippen LogP contribution in [0.2, 0.25) is 0 Å². The zero-order valence-corrected chi connectivity index (χ0v) is 23.2. The maximum absolute atomic E-state index is 14.4. The first kappa shape index (κ1) is 28.2. The van der Waals surface area contributed by atoms with Gasteiger partial charge in [0, 0.05) is 21.1 Å². The molecule has 0 bridgehead atoms. The molecular weight excluding hydrogens is 602 g/mol. The highest BCUT2D eigenvalue weighted by Gasteiger charge is 2.34. The number of hydrogen-bond acceptors (Lipinski definition) is 4. The molecule has 0 aliphatic rings. The van der Waals surface area contributed by atoms with E-state index in [0.717, 1.165) is 20.1 Å². The Balaban J connectivity index is 2.07. The highest BCUT2D eigenvalue weighted by atomic mass is 79.9. The highest BCUT2D eigenvalue weighted by Crippen LogP contribution is 2.32. The van der Waals surface area contributed by atoms with Gasteiger partial charge in [-0.05, 0) is 54.3 Å². The van der Waals surface area contributed by atoms with Crippen LogP contribution in [-0.2, 0) is 16.1 Å². The number of amides is 2. The maximum Gasteiger partial charge on any atom is 0.240 e. The Bertz CT molecular complexity index is 1200. The molecule has 0 spiro atoms. The summed E-state index contributed by atoms with van der Waals surface area (Å²) < 4.78 is 1.75. The minimum atomic E-state index is -0.949. The van der Waals surface area contributed by atoms with E-state index in [0.29, 0.717) is 12.0 Å². The molecule has 0 unspecified atom stereocenters. The van der Waals surface area contributed by atoms with E-state index in [1.54, 1.807) is 18.2 Å². The zero-order chi connectivity index (χ0) is 26.9. The monoisotopic (exact) mass is 629 g/mol. The van der Waals surface area contributed by atoms with E-state index in [-0.39, 0.29) is 37.1 Å². The van der Waals surface area contributed by atoms with Crippen molar-refractivity contribution >= 4 is 49.6 Å². The number of aromatic hydroxyl groups is 1. The number of rotatable bonds is 11. The van der Waals surface area contributed by atoms with Crippen LogP contribution in [-0.4, -0.2) is 40.4 Å². The number of benzene rings is 3. The third kappa shape index (κ3) is 7.80. The second-order valence-electron chi connectivity index (χ2n) is 8.50. The van der Waals surface area contributed by atoms with Crippen molar-refractivity contribution in [1.82, 2.24) is 4.90 Å². The maximum atomic E-state index is 14.4. The Labute approximate surface area is 232 Å². The average molecular weight is 631 g/mol. The first-order chi connectivity index (χ1) is 17.7. The first-order valence-electron chi connectivity index (χ1n) is 11.6. The number of aliphatic imine (C=N–C) groups is 1. The lowest BCUT2D eigenvalue weighted by Crippen LogP contribution is -2.49. The number of carbonyl (C=O) groups excluding carboxylic acids is 2. The van der Waals surface area contributed by atoms with Crippen molar-refractivity contribution in [2.45, 2.75) is 31.3 Å². The van der Waals surface area contributed by atoms with Gasteiger partial charge in [-0.3, -0.25) is 14.6 Å². The number of phenols is 1. The van der Waals surface area contributed by atoms with Crippen LogP contribution in [0.5, 0.6) is 5.75 Å². The highest BCUT2D eigenvalue weighted by molar-refractivity contribution is 9.10. The molecule has 0 radical (unpaired) electrons. The van der Waals surface area contributed by atoms with Crippen molar-refractivity contribution in [1.29, 1.82) is 0 Å². The molecule has 1 atom stereocenters. The fourth-order valence-electron chi connectivity index (χ4n) is 4.07. The number of para-hydroxylation sites is 1. The Hall–Kier alpha value is -3.37. The molecule has 37 heavy (non-hydrogen) atoms. The number of phenolic OH excluding ortho intramolecular Hbond substituents is 1. The van der Waals surface area contributed by atoms with Gasteiger partial charge >= 0.3 is 0 Å². The number of nitrogens with zero attached hydrogens (tertiary/aromatic N) is 2. The minimum Gasteiger partial charge on any atom is -0.508 e. The van der Waals surface area contributed by atoms with Gasteiger partial charge in [-0.1, -0.05) is 74.3 Å². The normalized spacial score (nSPS) is 11.6. The van der Waals surface area contributed by atoms with Gasteiger partial charge in [0.25, 0.3) is 0 Å². The van der Waals surface area contributed by atoms with E-state index >= 15 is 0 Å². The molecule has 2 amide bonds. The minimum absolute atomic E-state index is 0.00896. The molecular formula is C27H29Br2N5O3. The van der Waals surface area contributed by atoms with Crippen LogP contribution in [0.4, 0.5) is 0 Å². The smallest absolute Gasteiger partial charge is 0.240 e. The molecule has 3 aromatic rings. The summed E-state index contributed by atoms with van der Waals surface area (Å²) in [5, 5.41) is 10.5. The van der Waals surface area contributed by atoms with Crippen molar-refractivity contribution in [2.24, 2.45) is 22.2 Å². The van der Waals surface area contributed by atoms with Gasteiger partial charge in [0.05, 0.1) is 12.5 Å². The Morgan fingerprint density at radius 3 is 1.89 bits per heavy atom. The molecule has 0 aromatic heterocycles. The van der Waals surface area contributed by atoms with Gasteiger partial charge in [0.1, 0.15) is 11.8 Å². The van der Waals surface area contributed by atoms with E-state index in [4.69, 9.17) is 17.2 Å². The summed E-state index contributed by atoms with van der Waals surface area (Å²) in [6, 6.07) is 20.7. The van der Waals surface area contributed by atoms with E-state index in [2.05, 4.69) is 36.9 Å². The van der Waals surface area contributed by atoms with Crippen LogP contribution >= 0.6 is 31.9 Å². The second-order valence-corrected chi connectivity index (χ2v) is 10.3. The average Bonchev–Trinajstić information content (AvgIpc) is 2.86. The van der Waals surface area contributed by atoms with Crippen molar-refractivity contribution in [2.75, 3.05) is 6.54 Å². The number of guanidine groups is 1. The predicted octanol–water partition coefficient (Wildman–Crippen LogP) is 3.99.